The fourth-order valence-electron chi connectivity index (χ4n) is 4.02. The van der Waals surface area contributed by atoms with Gasteiger partial charge in [0.1, 0.15) is 17.4 Å². The number of fused-ring (bicyclic) bond motifs is 2. The highest BCUT2D eigenvalue weighted by Crippen LogP contribution is 2.36. The number of hydrogen-bond donors (Lipinski definition) is 1. The highest BCUT2D eigenvalue weighted by atomic mass is 35.5. The van der Waals surface area contributed by atoms with Crippen LogP contribution in [-0.4, -0.2) is 31.2 Å². The van der Waals surface area contributed by atoms with Gasteiger partial charge in [0.05, 0.1) is 26.9 Å². The molecule has 0 spiro atoms. The van der Waals surface area contributed by atoms with Crippen molar-refractivity contribution in [1.29, 1.82) is 0 Å². The molecule has 10 heteroatoms. The molecule has 5 rings (SSSR count). The highest BCUT2D eigenvalue weighted by molar-refractivity contribution is 6.36. The SMILES string of the molecule is CC(C)(C)OC(=O)n1cnc2c(Cl)cc(-c3cc(Cl)c4nc(-c5ccccc5Cl)c(CN)cc4c3)nc21. The van der Waals surface area contributed by atoms with E-state index < -0.39 is 11.7 Å². The summed E-state index contributed by atoms with van der Waals surface area (Å²) in [7, 11) is 0. The van der Waals surface area contributed by atoms with E-state index >= 15 is 0 Å². The second-order valence-electron chi connectivity index (χ2n) is 9.47. The summed E-state index contributed by atoms with van der Waals surface area (Å²) in [5, 5.41) is 2.11. The lowest BCUT2D eigenvalue weighted by atomic mass is 10.0. The zero-order valence-electron chi connectivity index (χ0n) is 20.2. The lowest BCUT2D eigenvalue weighted by Gasteiger charge is -2.19. The predicted molar refractivity (Wildman–Crippen MR) is 148 cm³/mol. The Labute approximate surface area is 228 Å². The third-order valence-corrected chi connectivity index (χ3v) is 6.55. The second kappa shape index (κ2) is 9.58. The van der Waals surface area contributed by atoms with Crippen molar-refractivity contribution in [2.24, 2.45) is 5.73 Å². The molecule has 0 saturated carbocycles. The Morgan fingerprint density at radius 2 is 1.70 bits per heavy atom. The van der Waals surface area contributed by atoms with Crippen molar-refractivity contribution in [3.05, 3.63) is 75.5 Å². The number of benzene rings is 2. The molecule has 0 atom stereocenters. The van der Waals surface area contributed by atoms with Gasteiger partial charge in [0, 0.05) is 28.1 Å². The number of nitrogens with two attached hydrogens (primary N) is 1. The van der Waals surface area contributed by atoms with Gasteiger partial charge in [0.2, 0.25) is 0 Å². The van der Waals surface area contributed by atoms with E-state index in [4.69, 9.17) is 50.3 Å². The van der Waals surface area contributed by atoms with Crippen LogP contribution >= 0.6 is 34.8 Å². The van der Waals surface area contributed by atoms with E-state index in [9.17, 15) is 4.79 Å². The van der Waals surface area contributed by atoms with E-state index in [1.165, 1.54) is 10.9 Å². The minimum Gasteiger partial charge on any atom is -0.443 e. The number of hydrogen-bond acceptors (Lipinski definition) is 6. The van der Waals surface area contributed by atoms with Gasteiger partial charge in [-0.3, -0.25) is 0 Å². The monoisotopic (exact) mass is 553 g/mol. The van der Waals surface area contributed by atoms with Crippen LogP contribution in [0.1, 0.15) is 26.3 Å². The standard InChI is InChI=1S/C27H22Cl3N5O2/c1-27(2,3)37-26(36)35-13-32-24-20(30)11-21(33-25(24)35)14-8-15-9-16(12-31)22(34-23(15)19(29)10-14)17-6-4-5-7-18(17)28/h4-11,13H,12,31H2,1-3H3. The molecule has 0 fully saturated rings. The van der Waals surface area contributed by atoms with E-state index in [1.54, 1.807) is 39.0 Å². The van der Waals surface area contributed by atoms with Crippen LogP contribution in [0.3, 0.4) is 0 Å². The quantitative estimate of drug-likeness (QED) is 0.248. The number of carbonyl (C=O) groups excluding carboxylic acids is 1. The molecular weight excluding hydrogens is 533 g/mol. The van der Waals surface area contributed by atoms with Crippen LogP contribution in [0, 0.1) is 0 Å². The smallest absolute Gasteiger partial charge is 0.421 e. The van der Waals surface area contributed by atoms with E-state index in [2.05, 4.69) is 9.97 Å². The van der Waals surface area contributed by atoms with Crippen molar-refractivity contribution in [3.8, 4) is 22.5 Å². The van der Waals surface area contributed by atoms with Gasteiger partial charge in [0.25, 0.3) is 0 Å². The zero-order valence-corrected chi connectivity index (χ0v) is 22.5. The topological polar surface area (TPSA) is 95.9 Å². The average molecular weight is 555 g/mol. The highest BCUT2D eigenvalue weighted by Gasteiger charge is 2.22. The van der Waals surface area contributed by atoms with Crippen molar-refractivity contribution < 1.29 is 9.53 Å². The van der Waals surface area contributed by atoms with E-state index in [-0.39, 0.29) is 12.2 Å². The molecule has 188 valence electrons. The summed E-state index contributed by atoms with van der Waals surface area (Å²) in [4.78, 5) is 26.5. The molecule has 0 aliphatic carbocycles. The maximum absolute atomic E-state index is 12.7. The molecule has 37 heavy (non-hydrogen) atoms. The summed E-state index contributed by atoms with van der Waals surface area (Å²) in [6, 6.07) is 14.7. The molecule has 0 radical (unpaired) electrons. The first-order valence-corrected chi connectivity index (χ1v) is 12.5. The first kappa shape index (κ1) is 25.4. The van der Waals surface area contributed by atoms with E-state index in [1.807, 2.05) is 30.3 Å². The van der Waals surface area contributed by atoms with Gasteiger partial charge in [-0.15, -0.1) is 0 Å². The van der Waals surface area contributed by atoms with E-state index in [0.29, 0.717) is 43.1 Å². The lowest BCUT2D eigenvalue weighted by molar-refractivity contribution is 0.0543. The van der Waals surface area contributed by atoms with Crippen LogP contribution < -0.4 is 5.73 Å². The minimum absolute atomic E-state index is 0.260. The van der Waals surface area contributed by atoms with E-state index in [0.717, 1.165) is 16.5 Å². The Hall–Kier alpha value is -3.23. The Morgan fingerprint density at radius 1 is 0.973 bits per heavy atom. The number of imidazole rings is 1. The largest absolute Gasteiger partial charge is 0.443 e. The zero-order chi connectivity index (χ0) is 26.5. The average Bonchev–Trinajstić information content (AvgIpc) is 3.27. The Kier molecular flexibility index (Phi) is 6.58. The van der Waals surface area contributed by atoms with Crippen LogP contribution in [0.4, 0.5) is 4.79 Å². The van der Waals surface area contributed by atoms with Gasteiger partial charge >= 0.3 is 6.09 Å². The third kappa shape index (κ3) is 4.88. The molecule has 2 aromatic carbocycles. The molecule has 0 amide bonds. The fraction of sp³-hybridized carbons (Fsp3) is 0.185. The summed E-state index contributed by atoms with van der Waals surface area (Å²) in [6.07, 6.45) is 0.749. The molecular formula is C27H22Cl3N5O2. The first-order chi connectivity index (χ1) is 17.6. The van der Waals surface area contributed by atoms with Gasteiger partial charge < -0.3 is 10.5 Å². The first-order valence-electron chi connectivity index (χ1n) is 11.4. The predicted octanol–water partition coefficient (Wildman–Crippen LogP) is 7.52. The van der Waals surface area contributed by atoms with Crippen LogP contribution in [0.2, 0.25) is 15.1 Å². The van der Waals surface area contributed by atoms with Gasteiger partial charge in [0.15, 0.2) is 5.65 Å². The van der Waals surface area contributed by atoms with Gasteiger partial charge in [-0.05, 0) is 56.7 Å². The molecule has 3 aromatic heterocycles. The molecule has 0 aliphatic heterocycles. The molecule has 0 bridgehead atoms. The number of pyridine rings is 2. The number of nitrogens with zero attached hydrogens (tertiary/aromatic N) is 4. The molecule has 0 saturated heterocycles. The van der Waals surface area contributed by atoms with Gasteiger partial charge in [-0.1, -0.05) is 53.0 Å². The number of aromatic nitrogens is 4. The Morgan fingerprint density at radius 3 is 2.41 bits per heavy atom. The molecule has 5 aromatic rings. The van der Waals surface area contributed by atoms with Crippen molar-refractivity contribution in [1.82, 2.24) is 19.5 Å². The molecule has 0 aliphatic rings. The van der Waals surface area contributed by atoms with Crippen molar-refractivity contribution in [3.63, 3.8) is 0 Å². The van der Waals surface area contributed by atoms with Crippen molar-refractivity contribution in [2.45, 2.75) is 32.9 Å². The number of halogens is 3. The summed E-state index contributed by atoms with van der Waals surface area (Å²) < 4.78 is 6.72. The Bertz CT molecular complexity index is 1690. The number of ether oxygens (including phenoxy) is 1. The van der Waals surface area contributed by atoms with Crippen LogP contribution in [0.5, 0.6) is 0 Å². The fourth-order valence-corrected chi connectivity index (χ4v) is 4.75. The minimum atomic E-state index is -0.683. The molecule has 7 nitrogen and oxygen atoms in total. The number of rotatable bonds is 3. The van der Waals surface area contributed by atoms with Crippen molar-refractivity contribution in [2.75, 3.05) is 0 Å². The third-order valence-electron chi connectivity index (χ3n) is 5.64. The lowest BCUT2D eigenvalue weighted by Crippen LogP contribution is -2.26. The number of carbonyl (C=O) groups is 1. The Balaban J connectivity index is 1.65. The maximum atomic E-state index is 12.7. The summed E-state index contributed by atoms with van der Waals surface area (Å²) in [6.45, 7) is 5.62. The maximum Gasteiger partial charge on any atom is 0.421 e. The van der Waals surface area contributed by atoms with Crippen LogP contribution in [-0.2, 0) is 11.3 Å². The molecule has 0 unspecified atom stereocenters. The van der Waals surface area contributed by atoms with Gasteiger partial charge in [-0.2, -0.15) is 0 Å². The molecule has 3 heterocycles. The summed E-state index contributed by atoms with van der Waals surface area (Å²) in [5.74, 6) is 0. The van der Waals surface area contributed by atoms with Crippen LogP contribution in [0.15, 0.2) is 54.9 Å². The second-order valence-corrected chi connectivity index (χ2v) is 10.7. The normalized spacial score (nSPS) is 11.9. The van der Waals surface area contributed by atoms with Crippen molar-refractivity contribution >= 4 is 63.0 Å². The summed E-state index contributed by atoms with van der Waals surface area (Å²) >= 11 is 19.7. The summed E-state index contributed by atoms with van der Waals surface area (Å²) in [5.41, 5.74) is 10.1. The van der Waals surface area contributed by atoms with Crippen LogP contribution in [0.25, 0.3) is 44.6 Å². The van der Waals surface area contributed by atoms with Gasteiger partial charge in [-0.25, -0.2) is 24.3 Å². The molecule has 2 N–H and O–H groups in total.